The maximum absolute atomic E-state index is 12.5. The minimum Gasteiger partial charge on any atom is -0.467 e. The lowest BCUT2D eigenvalue weighted by Gasteiger charge is -2.33. The summed E-state index contributed by atoms with van der Waals surface area (Å²) in [6.07, 6.45) is 1.93. The molecule has 0 bridgehead atoms. The van der Waals surface area contributed by atoms with Crippen LogP contribution in [0, 0.1) is 0 Å². The first kappa shape index (κ1) is 15.1. The molecular weight excluding hydrogens is 296 g/mol. The average Bonchev–Trinajstić information content (AvgIpc) is 3.06. The molecule has 7 heteroatoms. The van der Waals surface area contributed by atoms with Crippen molar-refractivity contribution in [3.8, 4) is 0 Å². The molecule has 0 fully saturated rings. The predicted octanol–water partition coefficient (Wildman–Crippen LogP) is 1.22. The fraction of sp³-hybridized carbons (Fsp3) is 0.312. The number of rotatable bonds is 3. The number of ether oxygens (including phenoxy) is 1. The molecule has 1 aliphatic heterocycles. The number of esters is 1. The van der Waals surface area contributed by atoms with Gasteiger partial charge in [-0.1, -0.05) is 30.3 Å². The van der Waals surface area contributed by atoms with Gasteiger partial charge in [0, 0.05) is 13.0 Å². The number of urea groups is 1. The quantitative estimate of drug-likeness (QED) is 0.834. The van der Waals surface area contributed by atoms with Gasteiger partial charge >= 0.3 is 12.0 Å². The molecular formula is C16H18N4O3. The third-order valence-corrected chi connectivity index (χ3v) is 3.92. The molecule has 1 atom stereocenters. The number of carbonyl (C=O) groups excluding carboxylic acids is 2. The normalized spacial score (nSPS) is 16.6. The van der Waals surface area contributed by atoms with E-state index in [1.54, 1.807) is 6.33 Å². The average molecular weight is 314 g/mol. The van der Waals surface area contributed by atoms with E-state index in [1.165, 1.54) is 12.0 Å². The van der Waals surface area contributed by atoms with Gasteiger partial charge in [0.05, 0.1) is 31.4 Å². The summed E-state index contributed by atoms with van der Waals surface area (Å²) in [6.45, 7) is 0.704. The van der Waals surface area contributed by atoms with Crippen molar-refractivity contribution in [1.82, 2.24) is 20.2 Å². The van der Waals surface area contributed by atoms with Crippen molar-refractivity contribution in [1.29, 1.82) is 0 Å². The highest BCUT2D eigenvalue weighted by atomic mass is 16.5. The smallest absolute Gasteiger partial charge is 0.329 e. The van der Waals surface area contributed by atoms with E-state index in [1.807, 2.05) is 30.3 Å². The van der Waals surface area contributed by atoms with E-state index in [0.717, 1.165) is 17.0 Å². The van der Waals surface area contributed by atoms with Crippen LogP contribution >= 0.6 is 0 Å². The third-order valence-electron chi connectivity index (χ3n) is 3.92. The van der Waals surface area contributed by atoms with Crippen LogP contribution in [-0.4, -0.2) is 40.0 Å². The van der Waals surface area contributed by atoms with Gasteiger partial charge in [-0.25, -0.2) is 14.6 Å². The summed E-state index contributed by atoms with van der Waals surface area (Å²) < 4.78 is 4.83. The lowest BCUT2D eigenvalue weighted by atomic mass is 10.0. The van der Waals surface area contributed by atoms with E-state index < -0.39 is 12.0 Å². The number of methoxy groups -OCH3 is 1. The number of H-pyrrole nitrogens is 1. The van der Waals surface area contributed by atoms with Crippen molar-refractivity contribution in [2.24, 2.45) is 0 Å². The van der Waals surface area contributed by atoms with Gasteiger partial charge in [0.25, 0.3) is 0 Å². The van der Waals surface area contributed by atoms with Gasteiger partial charge in [-0.15, -0.1) is 0 Å². The van der Waals surface area contributed by atoms with Crippen molar-refractivity contribution in [2.75, 3.05) is 7.11 Å². The molecule has 1 aromatic heterocycles. The van der Waals surface area contributed by atoms with Crippen LogP contribution in [0.4, 0.5) is 4.79 Å². The standard InChI is InChI=1S/C16H18N4O3/c1-23-15(21)14-7-12-13(19-10-18-12)9-20(14)16(22)17-8-11-5-3-2-4-6-11/h2-6,10,14H,7-9H2,1H3,(H,17,22)(H,18,19). The second-order valence-corrected chi connectivity index (χ2v) is 5.34. The van der Waals surface area contributed by atoms with Crippen LogP contribution in [0.5, 0.6) is 0 Å². The molecule has 2 aromatic rings. The summed E-state index contributed by atoms with van der Waals surface area (Å²) in [7, 11) is 1.32. The summed E-state index contributed by atoms with van der Waals surface area (Å²) in [5.74, 6) is -0.437. The number of aromatic nitrogens is 2. The van der Waals surface area contributed by atoms with Crippen LogP contribution in [0.1, 0.15) is 17.0 Å². The van der Waals surface area contributed by atoms with Gasteiger partial charge in [0.2, 0.25) is 0 Å². The van der Waals surface area contributed by atoms with Crippen LogP contribution in [0.3, 0.4) is 0 Å². The van der Waals surface area contributed by atoms with Gasteiger partial charge in [0.15, 0.2) is 0 Å². The number of nitrogens with zero attached hydrogens (tertiary/aromatic N) is 2. The minimum absolute atomic E-state index is 0.301. The fourth-order valence-electron chi connectivity index (χ4n) is 2.67. The Labute approximate surface area is 133 Å². The summed E-state index contributed by atoms with van der Waals surface area (Å²) >= 11 is 0. The number of imidazole rings is 1. The van der Waals surface area contributed by atoms with E-state index in [0.29, 0.717) is 19.5 Å². The molecule has 0 aliphatic carbocycles. The zero-order valence-electron chi connectivity index (χ0n) is 12.8. The first-order valence-electron chi connectivity index (χ1n) is 7.36. The lowest BCUT2D eigenvalue weighted by molar-refractivity contribution is -0.146. The Bertz CT molecular complexity index is 698. The molecule has 3 rings (SSSR count). The molecule has 1 aliphatic rings. The number of carbonyl (C=O) groups is 2. The molecule has 0 saturated heterocycles. The number of benzene rings is 1. The SMILES string of the molecule is COC(=O)C1Cc2nc[nH]c2CN1C(=O)NCc1ccccc1. The summed E-state index contributed by atoms with van der Waals surface area (Å²) in [6, 6.07) is 8.65. The van der Waals surface area contributed by atoms with Crippen molar-refractivity contribution in [3.05, 3.63) is 53.6 Å². The Morgan fingerprint density at radius 3 is 2.91 bits per heavy atom. The molecule has 2 amide bonds. The van der Waals surface area contributed by atoms with Crippen LogP contribution in [0.2, 0.25) is 0 Å². The fourth-order valence-corrected chi connectivity index (χ4v) is 2.67. The molecule has 0 saturated carbocycles. The molecule has 0 spiro atoms. The van der Waals surface area contributed by atoms with Crippen LogP contribution < -0.4 is 5.32 Å². The number of fused-ring (bicyclic) bond motifs is 1. The minimum atomic E-state index is -0.661. The van der Waals surface area contributed by atoms with Crippen LogP contribution in [-0.2, 0) is 29.0 Å². The molecule has 23 heavy (non-hydrogen) atoms. The zero-order chi connectivity index (χ0) is 16.2. The first-order valence-corrected chi connectivity index (χ1v) is 7.36. The lowest BCUT2D eigenvalue weighted by Crippen LogP contribution is -2.52. The van der Waals surface area contributed by atoms with Gasteiger partial charge in [-0.05, 0) is 5.56 Å². The van der Waals surface area contributed by atoms with Crippen molar-refractivity contribution in [3.63, 3.8) is 0 Å². The Morgan fingerprint density at radius 2 is 2.17 bits per heavy atom. The second-order valence-electron chi connectivity index (χ2n) is 5.34. The van der Waals surface area contributed by atoms with E-state index >= 15 is 0 Å². The monoisotopic (exact) mass is 314 g/mol. The molecule has 0 radical (unpaired) electrons. The molecule has 2 N–H and O–H groups in total. The number of hydrogen-bond donors (Lipinski definition) is 2. The van der Waals surface area contributed by atoms with Gasteiger partial charge < -0.3 is 19.9 Å². The largest absolute Gasteiger partial charge is 0.467 e. The summed E-state index contributed by atoms with van der Waals surface area (Å²) in [5, 5.41) is 2.85. The Balaban J connectivity index is 1.73. The van der Waals surface area contributed by atoms with Crippen LogP contribution in [0.25, 0.3) is 0 Å². The Morgan fingerprint density at radius 1 is 1.39 bits per heavy atom. The van der Waals surface area contributed by atoms with E-state index in [2.05, 4.69) is 15.3 Å². The highest BCUT2D eigenvalue weighted by Gasteiger charge is 2.36. The first-order chi connectivity index (χ1) is 11.2. The van der Waals surface area contributed by atoms with E-state index in [4.69, 9.17) is 4.74 Å². The maximum Gasteiger partial charge on any atom is 0.329 e. The van der Waals surface area contributed by atoms with E-state index in [9.17, 15) is 9.59 Å². The van der Waals surface area contributed by atoms with Crippen molar-refractivity contribution in [2.45, 2.75) is 25.6 Å². The van der Waals surface area contributed by atoms with Gasteiger partial charge in [-0.2, -0.15) is 0 Å². The van der Waals surface area contributed by atoms with Crippen molar-refractivity contribution < 1.29 is 14.3 Å². The van der Waals surface area contributed by atoms with E-state index in [-0.39, 0.29) is 6.03 Å². The number of amides is 2. The predicted molar refractivity (Wildman–Crippen MR) is 82.3 cm³/mol. The summed E-state index contributed by atoms with van der Waals surface area (Å²) in [4.78, 5) is 33.2. The maximum atomic E-state index is 12.5. The second kappa shape index (κ2) is 6.51. The molecule has 2 heterocycles. The topological polar surface area (TPSA) is 87.3 Å². The molecule has 1 unspecified atom stereocenters. The number of aromatic amines is 1. The Hall–Kier alpha value is -2.83. The highest BCUT2D eigenvalue weighted by molar-refractivity contribution is 5.84. The van der Waals surface area contributed by atoms with Gasteiger partial charge in [0.1, 0.15) is 6.04 Å². The molecule has 1 aromatic carbocycles. The zero-order valence-corrected chi connectivity index (χ0v) is 12.8. The third kappa shape index (κ3) is 3.18. The molecule has 7 nitrogen and oxygen atoms in total. The summed E-state index contributed by atoms with van der Waals surface area (Å²) in [5.41, 5.74) is 2.64. The van der Waals surface area contributed by atoms with Crippen molar-refractivity contribution >= 4 is 12.0 Å². The number of nitrogens with one attached hydrogen (secondary N) is 2. The van der Waals surface area contributed by atoms with Crippen LogP contribution in [0.15, 0.2) is 36.7 Å². The number of hydrogen-bond acceptors (Lipinski definition) is 4. The molecule has 120 valence electrons. The Kier molecular flexibility index (Phi) is 4.27. The van der Waals surface area contributed by atoms with Gasteiger partial charge in [-0.3, -0.25) is 0 Å². The highest BCUT2D eigenvalue weighted by Crippen LogP contribution is 2.21.